The lowest BCUT2D eigenvalue weighted by Crippen LogP contribution is -2.51. The minimum absolute atomic E-state index is 0.0898. The Morgan fingerprint density at radius 1 is 1.10 bits per heavy atom. The number of halogens is 1. The minimum atomic E-state index is 0.0898. The lowest BCUT2D eigenvalue weighted by molar-refractivity contribution is -0.121. The number of nitrogens with zero attached hydrogens (tertiary/aromatic N) is 5. The normalized spacial score (nSPS) is 14.7. The van der Waals surface area contributed by atoms with Gasteiger partial charge in [-0.05, 0) is 35.9 Å². The number of rotatable bonds is 6. The van der Waals surface area contributed by atoms with Crippen LogP contribution in [0.2, 0.25) is 5.02 Å². The highest BCUT2D eigenvalue weighted by atomic mass is 35.5. The topological polar surface area (TPSA) is 65.2 Å². The van der Waals surface area contributed by atoms with Crippen LogP contribution in [-0.2, 0) is 17.8 Å². The SMILES string of the molecule is N#Cc1ccc(Cc2cncn2CCN2CCN(c3cccc(Cl)c3)C(=O)C2)cc1. The molecular formula is C23H22ClN5O. The smallest absolute Gasteiger partial charge is 0.241 e. The fraction of sp³-hybridized carbons (Fsp3) is 0.261. The van der Waals surface area contributed by atoms with Crippen LogP contribution < -0.4 is 4.90 Å². The Morgan fingerprint density at radius 3 is 2.67 bits per heavy atom. The standard InChI is InChI=1S/C23H22ClN5O/c24-20-2-1-3-21(13-20)29-11-9-27(16-23(29)30)8-10-28-17-26-15-22(28)12-18-4-6-19(14-25)7-5-18/h1-7,13,15,17H,8-12,16H2. The zero-order chi connectivity index (χ0) is 20.9. The highest BCUT2D eigenvalue weighted by Crippen LogP contribution is 2.21. The number of anilines is 1. The number of imidazole rings is 1. The molecule has 0 spiro atoms. The predicted octanol–water partition coefficient (Wildman–Crippen LogP) is 3.35. The summed E-state index contributed by atoms with van der Waals surface area (Å²) < 4.78 is 2.13. The van der Waals surface area contributed by atoms with E-state index in [9.17, 15) is 4.79 Å². The van der Waals surface area contributed by atoms with Gasteiger partial charge in [0.25, 0.3) is 0 Å². The number of carbonyl (C=O) groups is 1. The Bertz CT molecular complexity index is 1070. The average molecular weight is 420 g/mol. The third-order valence-electron chi connectivity index (χ3n) is 5.34. The van der Waals surface area contributed by atoms with Gasteiger partial charge in [0.1, 0.15) is 0 Å². The summed E-state index contributed by atoms with van der Waals surface area (Å²) in [6.45, 7) is 3.42. The number of amides is 1. The van der Waals surface area contributed by atoms with Gasteiger partial charge >= 0.3 is 0 Å². The molecule has 1 amide bonds. The van der Waals surface area contributed by atoms with Crippen molar-refractivity contribution in [2.75, 3.05) is 31.1 Å². The van der Waals surface area contributed by atoms with E-state index in [-0.39, 0.29) is 5.91 Å². The molecule has 0 N–H and O–H groups in total. The molecule has 2 heterocycles. The quantitative estimate of drug-likeness (QED) is 0.614. The molecule has 0 aliphatic carbocycles. The van der Waals surface area contributed by atoms with Gasteiger partial charge in [-0.2, -0.15) is 5.26 Å². The molecule has 0 unspecified atom stereocenters. The second-order valence-electron chi connectivity index (χ2n) is 7.37. The highest BCUT2D eigenvalue weighted by Gasteiger charge is 2.25. The molecule has 4 rings (SSSR count). The Kier molecular flexibility index (Phi) is 6.12. The van der Waals surface area contributed by atoms with Crippen molar-refractivity contribution in [1.29, 1.82) is 5.26 Å². The van der Waals surface area contributed by atoms with Gasteiger partial charge < -0.3 is 9.47 Å². The van der Waals surface area contributed by atoms with Crippen LogP contribution >= 0.6 is 11.6 Å². The fourth-order valence-electron chi connectivity index (χ4n) is 3.68. The van der Waals surface area contributed by atoms with Crippen molar-refractivity contribution in [3.63, 3.8) is 0 Å². The van der Waals surface area contributed by atoms with Gasteiger partial charge in [-0.15, -0.1) is 0 Å². The Balaban J connectivity index is 1.33. The van der Waals surface area contributed by atoms with Crippen molar-refractivity contribution >= 4 is 23.2 Å². The number of aromatic nitrogens is 2. The zero-order valence-electron chi connectivity index (χ0n) is 16.5. The fourth-order valence-corrected chi connectivity index (χ4v) is 3.87. The van der Waals surface area contributed by atoms with E-state index in [0.717, 1.165) is 43.0 Å². The Morgan fingerprint density at radius 2 is 1.93 bits per heavy atom. The summed E-state index contributed by atoms with van der Waals surface area (Å²) in [6.07, 6.45) is 4.47. The number of hydrogen-bond donors (Lipinski definition) is 0. The van der Waals surface area contributed by atoms with E-state index in [4.69, 9.17) is 16.9 Å². The molecular weight excluding hydrogens is 398 g/mol. The first-order valence-electron chi connectivity index (χ1n) is 9.89. The Hall–Kier alpha value is -3.14. The lowest BCUT2D eigenvalue weighted by atomic mass is 10.1. The summed E-state index contributed by atoms with van der Waals surface area (Å²) in [4.78, 5) is 20.9. The van der Waals surface area contributed by atoms with Gasteiger partial charge in [0, 0.05) is 55.2 Å². The van der Waals surface area contributed by atoms with E-state index in [1.54, 1.807) is 4.90 Å². The maximum Gasteiger partial charge on any atom is 0.241 e. The van der Waals surface area contributed by atoms with Gasteiger partial charge in [0.05, 0.1) is 24.5 Å². The van der Waals surface area contributed by atoms with Crippen LogP contribution in [0.3, 0.4) is 0 Å². The molecule has 0 radical (unpaired) electrons. The molecule has 6 nitrogen and oxygen atoms in total. The molecule has 1 aromatic heterocycles. The molecule has 30 heavy (non-hydrogen) atoms. The van der Waals surface area contributed by atoms with Crippen molar-refractivity contribution in [2.45, 2.75) is 13.0 Å². The molecule has 1 aliphatic heterocycles. The summed E-state index contributed by atoms with van der Waals surface area (Å²) in [7, 11) is 0. The van der Waals surface area contributed by atoms with Crippen molar-refractivity contribution < 1.29 is 4.79 Å². The van der Waals surface area contributed by atoms with Gasteiger partial charge in [-0.25, -0.2) is 4.98 Å². The second-order valence-corrected chi connectivity index (χ2v) is 7.80. The predicted molar refractivity (Wildman–Crippen MR) is 116 cm³/mol. The Labute approximate surface area is 180 Å². The van der Waals surface area contributed by atoms with Crippen molar-refractivity contribution in [1.82, 2.24) is 14.5 Å². The number of hydrogen-bond acceptors (Lipinski definition) is 4. The largest absolute Gasteiger partial charge is 0.333 e. The van der Waals surface area contributed by atoms with Crippen molar-refractivity contribution in [3.8, 4) is 6.07 Å². The summed E-state index contributed by atoms with van der Waals surface area (Å²) in [6, 6.07) is 17.2. The molecule has 0 bridgehead atoms. The number of benzene rings is 2. The van der Waals surface area contributed by atoms with Crippen molar-refractivity contribution in [2.24, 2.45) is 0 Å². The van der Waals surface area contributed by atoms with Gasteiger partial charge in [-0.1, -0.05) is 29.8 Å². The molecule has 1 fully saturated rings. The van der Waals surface area contributed by atoms with Crippen LogP contribution in [0.5, 0.6) is 0 Å². The molecule has 0 saturated carbocycles. The second kappa shape index (κ2) is 9.12. The monoisotopic (exact) mass is 419 g/mol. The highest BCUT2D eigenvalue weighted by molar-refractivity contribution is 6.30. The first-order valence-corrected chi connectivity index (χ1v) is 10.3. The maximum absolute atomic E-state index is 12.6. The first-order chi connectivity index (χ1) is 14.6. The van der Waals surface area contributed by atoms with E-state index >= 15 is 0 Å². The summed E-state index contributed by atoms with van der Waals surface area (Å²) in [5.41, 5.74) is 3.77. The molecule has 0 atom stereocenters. The van der Waals surface area contributed by atoms with E-state index in [0.29, 0.717) is 23.7 Å². The number of nitriles is 1. The van der Waals surface area contributed by atoms with Crippen LogP contribution in [0.1, 0.15) is 16.8 Å². The van der Waals surface area contributed by atoms with E-state index in [2.05, 4.69) is 20.5 Å². The average Bonchev–Trinajstić information content (AvgIpc) is 3.20. The van der Waals surface area contributed by atoms with E-state index in [1.807, 2.05) is 61.1 Å². The maximum atomic E-state index is 12.6. The van der Waals surface area contributed by atoms with Crippen LogP contribution in [-0.4, -0.2) is 46.5 Å². The molecule has 3 aromatic rings. The van der Waals surface area contributed by atoms with Crippen LogP contribution in [0.4, 0.5) is 5.69 Å². The zero-order valence-corrected chi connectivity index (χ0v) is 17.3. The molecule has 7 heteroatoms. The van der Waals surface area contributed by atoms with E-state index < -0.39 is 0 Å². The number of piperazine rings is 1. The van der Waals surface area contributed by atoms with Gasteiger partial charge in [0.15, 0.2) is 0 Å². The third-order valence-corrected chi connectivity index (χ3v) is 5.58. The van der Waals surface area contributed by atoms with Crippen molar-refractivity contribution in [3.05, 3.63) is 82.9 Å². The van der Waals surface area contributed by atoms with Crippen LogP contribution in [0, 0.1) is 11.3 Å². The van der Waals surface area contributed by atoms with Gasteiger partial charge in [-0.3, -0.25) is 9.69 Å². The molecule has 152 valence electrons. The van der Waals surface area contributed by atoms with Gasteiger partial charge in [0.2, 0.25) is 5.91 Å². The van der Waals surface area contributed by atoms with Crippen LogP contribution in [0.15, 0.2) is 61.1 Å². The first kappa shape index (κ1) is 20.1. The minimum Gasteiger partial charge on any atom is -0.333 e. The van der Waals surface area contributed by atoms with E-state index in [1.165, 1.54) is 0 Å². The summed E-state index contributed by atoms with van der Waals surface area (Å²) >= 11 is 6.06. The lowest BCUT2D eigenvalue weighted by Gasteiger charge is -2.34. The summed E-state index contributed by atoms with van der Waals surface area (Å²) in [5, 5.41) is 9.57. The third kappa shape index (κ3) is 4.70. The number of carbonyl (C=O) groups excluding carboxylic acids is 1. The molecule has 2 aromatic carbocycles. The molecule has 1 aliphatic rings. The van der Waals surface area contributed by atoms with Crippen LogP contribution in [0.25, 0.3) is 0 Å². The summed E-state index contributed by atoms with van der Waals surface area (Å²) in [5.74, 6) is 0.0898. The molecule has 1 saturated heterocycles.